The zero-order valence-corrected chi connectivity index (χ0v) is 4.67. The van der Waals surface area contributed by atoms with E-state index >= 15 is 0 Å². The molecule has 0 aliphatic carbocycles. The number of rotatable bonds is 1. The Morgan fingerprint density at radius 1 is 1.11 bits per heavy atom. The average molecular weight is 146 g/mol. The first kappa shape index (κ1) is 9.22. The molecule has 0 heterocycles. The summed E-state index contributed by atoms with van der Waals surface area (Å²) < 4.78 is 0. The summed E-state index contributed by atoms with van der Waals surface area (Å²) in [6, 6.07) is 10.0. The molecular weight excluding hydrogens is 136 g/mol. The Morgan fingerprint density at radius 2 is 1.67 bits per heavy atom. The fourth-order valence-electron chi connectivity index (χ4n) is 0.589. The van der Waals surface area contributed by atoms with E-state index in [-0.39, 0.29) is 37.7 Å². The molecule has 9 heavy (non-hydrogen) atoms. The zero-order valence-electron chi connectivity index (χ0n) is 4.67. The molecule has 0 saturated carbocycles. The second-order valence-corrected chi connectivity index (χ2v) is 1.61. The number of benzene rings is 1. The van der Waals surface area contributed by atoms with Gasteiger partial charge in [0.1, 0.15) is 0 Å². The molecule has 0 N–H and O–H groups in total. The van der Waals surface area contributed by atoms with Crippen molar-refractivity contribution in [2.24, 2.45) is 0 Å². The minimum absolute atomic E-state index is 0. The van der Waals surface area contributed by atoms with Gasteiger partial charge in [0.15, 0.2) is 0 Å². The summed E-state index contributed by atoms with van der Waals surface area (Å²) in [4.78, 5) is 0. The van der Waals surface area contributed by atoms with Gasteiger partial charge in [0.05, 0.1) is 0 Å². The molecule has 0 radical (unpaired) electrons. The van der Waals surface area contributed by atoms with E-state index in [0.717, 1.165) is 0 Å². The predicted octanol–water partition coefficient (Wildman–Crippen LogP) is 1.41. The van der Waals surface area contributed by atoms with Gasteiger partial charge < -0.3 is 0 Å². The summed E-state index contributed by atoms with van der Waals surface area (Å²) in [5, 5.41) is 0. The number of hydrogen-bond donors (Lipinski definition) is 0. The third-order valence-corrected chi connectivity index (χ3v) is 1.04. The molecular formula is C8H10Ca. The molecule has 0 aliphatic heterocycles. The SMILES string of the molecule is C=Cc1ccccc1.[CaH2]. The molecule has 1 aromatic carbocycles. The standard InChI is InChI=1S/C8H8.Ca.2H/c1-2-8-6-4-3-5-7-8;;;/h2-7H,1H2;;;. The van der Waals surface area contributed by atoms with Crippen LogP contribution in [0.1, 0.15) is 5.56 Å². The van der Waals surface area contributed by atoms with E-state index in [1.54, 1.807) is 0 Å². The zero-order chi connectivity index (χ0) is 5.82. The predicted molar refractivity (Wildman–Crippen MR) is 45.1 cm³/mol. The fraction of sp³-hybridized carbons (Fsp3) is 0. The van der Waals surface area contributed by atoms with Crippen molar-refractivity contribution < 1.29 is 0 Å². The molecule has 1 rings (SSSR count). The van der Waals surface area contributed by atoms with Crippen LogP contribution in [0.15, 0.2) is 36.9 Å². The molecule has 0 bridgehead atoms. The second-order valence-electron chi connectivity index (χ2n) is 1.61. The maximum absolute atomic E-state index is 3.63. The Kier molecular flexibility index (Phi) is 5.16. The summed E-state index contributed by atoms with van der Waals surface area (Å²) in [5.74, 6) is 0. The molecule has 44 valence electrons. The molecule has 0 amide bonds. The first-order valence-corrected chi connectivity index (χ1v) is 2.61. The van der Waals surface area contributed by atoms with Crippen LogP contribution in [0.25, 0.3) is 6.08 Å². The first-order chi connectivity index (χ1) is 3.93. The Hall–Kier alpha value is 0.220. The van der Waals surface area contributed by atoms with Crippen LogP contribution >= 0.6 is 0 Å². The normalized spacial score (nSPS) is 7.56. The molecule has 0 aliphatic rings. The topological polar surface area (TPSA) is 0 Å². The Bertz CT molecular complexity index is 167. The monoisotopic (exact) mass is 146 g/mol. The average Bonchev–Trinajstić information content (AvgIpc) is 1.90. The first-order valence-electron chi connectivity index (χ1n) is 2.61. The van der Waals surface area contributed by atoms with Gasteiger partial charge >= 0.3 is 37.7 Å². The van der Waals surface area contributed by atoms with E-state index in [2.05, 4.69) is 6.58 Å². The van der Waals surface area contributed by atoms with E-state index in [9.17, 15) is 0 Å². The van der Waals surface area contributed by atoms with E-state index in [1.807, 2.05) is 36.4 Å². The van der Waals surface area contributed by atoms with Gasteiger partial charge in [-0.15, -0.1) is 0 Å². The molecule has 0 nitrogen and oxygen atoms in total. The second kappa shape index (κ2) is 5.04. The quantitative estimate of drug-likeness (QED) is 0.526. The van der Waals surface area contributed by atoms with Crippen molar-refractivity contribution in [1.82, 2.24) is 0 Å². The molecule has 0 saturated heterocycles. The Balaban J connectivity index is 0.000000640. The van der Waals surface area contributed by atoms with Crippen molar-refractivity contribution >= 4 is 43.8 Å². The summed E-state index contributed by atoms with van der Waals surface area (Å²) in [5.41, 5.74) is 1.17. The third-order valence-electron chi connectivity index (χ3n) is 1.04. The van der Waals surface area contributed by atoms with Crippen LogP contribution in [0.3, 0.4) is 0 Å². The number of hydrogen-bond acceptors (Lipinski definition) is 0. The summed E-state index contributed by atoms with van der Waals surface area (Å²) in [6.07, 6.45) is 1.83. The Morgan fingerprint density at radius 3 is 2.00 bits per heavy atom. The van der Waals surface area contributed by atoms with Gasteiger partial charge in [0.25, 0.3) is 0 Å². The van der Waals surface area contributed by atoms with Crippen molar-refractivity contribution in [3.8, 4) is 0 Å². The van der Waals surface area contributed by atoms with Gasteiger partial charge in [-0.25, -0.2) is 0 Å². The molecule has 0 atom stereocenters. The third kappa shape index (κ3) is 3.04. The summed E-state index contributed by atoms with van der Waals surface area (Å²) >= 11 is 0. The van der Waals surface area contributed by atoms with Gasteiger partial charge in [-0.2, -0.15) is 0 Å². The summed E-state index contributed by atoms with van der Waals surface area (Å²) in [6.45, 7) is 3.63. The van der Waals surface area contributed by atoms with Crippen molar-refractivity contribution in [2.75, 3.05) is 0 Å². The van der Waals surface area contributed by atoms with Crippen LogP contribution in [-0.4, -0.2) is 37.7 Å². The van der Waals surface area contributed by atoms with Crippen LogP contribution in [0.4, 0.5) is 0 Å². The van der Waals surface area contributed by atoms with Crippen molar-refractivity contribution in [1.29, 1.82) is 0 Å². The van der Waals surface area contributed by atoms with E-state index in [4.69, 9.17) is 0 Å². The molecule has 1 heteroatoms. The van der Waals surface area contributed by atoms with Gasteiger partial charge in [-0.05, 0) is 5.56 Å². The van der Waals surface area contributed by atoms with Crippen LogP contribution in [0, 0.1) is 0 Å². The molecule has 1 aromatic rings. The van der Waals surface area contributed by atoms with E-state index in [1.165, 1.54) is 5.56 Å². The Labute approximate surface area is 85.6 Å². The molecule has 0 fully saturated rings. The fourth-order valence-corrected chi connectivity index (χ4v) is 0.589. The summed E-state index contributed by atoms with van der Waals surface area (Å²) in [7, 11) is 0. The van der Waals surface area contributed by atoms with Crippen LogP contribution in [0.2, 0.25) is 0 Å². The van der Waals surface area contributed by atoms with E-state index < -0.39 is 0 Å². The van der Waals surface area contributed by atoms with Crippen molar-refractivity contribution in [2.45, 2.75) is 0 Å². The van der Waals surface area contributed by atoms with Crippen molar-refractivity contribution in [3.05, 3.63) is 42.5 Å². The van der Waals surface area contributed by atoms with Gasteiger partial charge in [0.2, 0.25) is 0 Å². The van der Waals surface area contributed by atoms with Gasteiger partial charge in [-0.1, -0.05) is 43.0 Å². The van der Waals surface area contributed by atoms with Gasteiger partial charge in [0, 0.05) is 0 Å². The molecule has 0 spiro atoms. The molecule has 0 unspecified atom stereocenters. The van der Waals surface area contributed by atoms with Crippen LogP contribution in [0.5, 0.6) is 0 Å². The van der Waals surface area contributed by atoms with Crippen LogP contribution in [-0.2, 0) is 0 Å². The van der Waals surface area contributed by atoms with E-state index in [0.29, 0.717) is 0 Å². The van der Waals surface area contributed by atoms with Crippen LogP contribution < -0.4 is 0 Å². The minimum atomic E-state index is 0. The maximum atomic E-state index is 3.63. The van der Waals surface area contributed by atoms with Crippen molar-refractivity contribution in [3.63, 3.8) is 0 Å². The molecule has 0 aromatic heterocycles. The van der Waals surface area contributed by atoms with Gasteiger partial charge in [-0.3, -0.25) is 0 Å².